The van der Waals surface area contributed by atoms with Gasteiger partial charge in [-0.1, -0.05) is 84.5 Å². The third kappa shape index (κ3) is 5.92. The van der Waals surface area contributed by atoms with Crippen molar-refractivity contribution >= 4 is 23.4 Å². The van der Waals surface area contributed by atoms with Gasteiger partial charge in [-0.25, -0.2) is 0 Å². The van der Waals surface area contributed by atoms with Crippen LogP contribution in [0.2, 0.25) is 5.02 Å². The average Bonchev–Trinajstić information content (AvgIpc) is 2.98. The van der Waals surface area contributed by atoms with Gasteiger partial charge in [0.2, 0.25) is 11.8 Å². The van der Waals surface area contributed by atoms with Crippen molar-refractivity contribution in [2.24, 2.45) is 28.4 Å². The summed E-state index contributed by atoms with van der Waals surface area (Å²) in [7, 11) is 0. The molecule has 202 valence electrons. The molecule has 36 heavy (non-hydrogen) atoms. The highest BCUT2D eigenvalue weighted by Crippen LogP contribution is 2.46. The van der Waals surface area contributed by atoms with Gasteiger partial charge in [-0.2, -0.15) is 0 Å². The fraction of sp³-hybridized carbons (Fsp3) is 0.724. The van der Waals surface area contributed by atoms with Gasteiger partial charge in [-0.3, -0.25) is 9.59 Å². The summed E-state index contributed by atoms with van der Waals surface area (Å²) >= 11 is 6.06. The molecule has 1 aliphatic carbocycles. The van der Waals surface area contributed by atoms with Gasteiger partial charge >= 0.3 is 0 Å². The van der Waals surface area contributed by atoms with Crippen molar-refractivity contribution in [2.45, 2.75) is 97.8 Å². The van der Waals surface area contributed by atoms with E-state index in [2.05, 4.69) is 19.2 Å². The number of halogens is 1. The van der Waals surface area contributed by atoms with Crippen molar-refractivity contribution < 1.29 is 14.7 Å². The van der Waals surface area contributed by atoms with E-state index in [1.165, 1.54) is 12.8 Å². The molecule has 0 bridgehead atoms. The summed E-state index contributed by atoms with van der Waals surface area (Å²) in [5.74, 6) is 0.0901. The van der Waals surface area contributed by atoms with Crippen LogP contribution in [-0.2, 0) is 15.2 Å². The number of nitrogens with zero attached hydrogens (tertiary/aromatic N) is 1. The fourth-order valence-corrected chi connectivity index (χ4v) is 6.47. The van der Waals surface area contributed by atoms with Crippen LogP contribution in [0.15, 0.2) is 24.3 Å². The molecule has 2 amide bonds. The number of hydrogen-bond donors (Lipinski definition) is 3. The van der Waals surface area contributed by atoms with E-state index < -0.39 is 23.1 Å². The number of amides is 2. The molecule has 2 fully saturated rings. The number of carbonyl (C=O) groups excluding carboxylic acids is 2. The maximum absolute atomic E-state index is 13.7. The maximum atomic E-state index is 13.7. The monoisotopic (exact) mass is 519 g/mol. The van der Waals surface area contributed by atoms with Gasteiger partial charge in [-0.15, -0.1) is 0 Å². The second-order valence-electron chi connectivity index (χ2n) is 12.7. The summed E-state index contributed by atoms with van der Waals surface area (Å²) in [6.07, 6.45) is 5.67. The maximum Gasteiger partial charge on any atom is 0.245 e. The van der Waals surface area contributed by atoms with Crippen LogP contribution in [0.1, 0.15) is 85.6 Å². The van der Waals surface area contributed by atoms with Gasteiger partial charge in [-0.05, 0) is 54.2 Å². The lowest BCUT2D eigenvalue weighted by Gasteiger charge is -2.51. The van der Waals surface area contributed by atoms with E-state index in [4.69, 9.17) is 17.3 Å². The Morgan fingerprint density at radius 1 is 1.14 bits per heavy atom. The average molecular weight is 520 g/mol. The van der Waals surface area contributed by atoms with E-state index in [-0.39, 0.29) is 23.1 Å². The molecule has 5 atom stereocenters. The molecule has 7 heteroatoms. The van der Waals surface area contributed by atoms with Gasteiger partial charge in [0, 0.05) is 23.5 Å². The second-order valence-corrected chi connectivity index (χ2v) is 13.1. The first-order valence-electron chi connectivity index (χ1n) is 13.5. The van der Waals surface area contributed by atoms with E-state index in [0.29, 0.717) is 30.5 Å². The Labute approximate surface area is 222 Å². The number of hydrogen-bond acceptors (Lipinski definition) is 4. The molecule has 1 saturated carbocycles. The molecule has 1 aromatic rings. The Balaban J connectivity index is 1.73. The molecule has 0 aromatic heterocycles. The molecule has 1 saturated heterocycles. The summed E-state index contributed by atoms with van der Waals surface area (Å²) in [5.41, 5.74) is 5.41. The summed E-state index contributed by atoms with van der Waals surface area (Å²) in [5, 5.41) is 15.3. The second kappa shape index (κ2) is 11.0. The molecule has 3 rings (SSSR count). The van der Waals surface area contributed by atoms with Crippen LogP contribution in [0.5, 0.6) is 0 Å². The molecule has 4 N–H and O–H groups in total. The Bertz CT molecular complexity index is 934. The van der Waals surface area contributed by atoms with Crippen molar-refractivity contribution in [1.29, 1.82) is 0 Å². The van der Waals surface area contributed by atoms with Crippen LogP contribution in [0.25, 0.3) is 0 Å². The number of carbonyl (C=O) groups is 2. The molecule has 2 unspecified atom stereocenters. The predicted octanol–water partition coefficient (Wildman–Crippen LogP) is 4.86. The molecule has 6 nitrogen and oxygen atoms in total. The van der Waals surface area contributed by atoms with Crippen LogP contribution >= 0.6 is 11.6 Å². The van der Waals surface area contributed by atoms with Gasteiger partial charge in [0.05, 0.1) is 11.6 Å². The first-order valence-corrected chi connectivity index (χ1v) is 13.9. The smallest absolute Gasteiger partial charge is 0.245 e. The Hall–Kier alpha value is -1.63. The largest absolute Gasteiger partial charge is 0.384 e. The molecular formula is C29H46ClN3O3. The highest BCUT2D eigenvalue weighted by atomic mass is 35.5. The van der Waals surface area contributed by atoms with Crippen molar-refractivity contribution in [3.05, 3.63) is 34.9 Å². The van der Waals surface area contributed by atoms with Crippen LogP contribution in [0.4, 0.5) is 0 Å². The zero-order valence-corrected chi connectivity index (χ0v) is 23.7. The van der Waals surface area contributed by atoms with Crippen LogP contribution < -0.4 is 11.1 Å². The molecule has 0 radical (unpaired) electrons. The highest BCUT2D eigenvalue weighted by molar-refractivity contribution is 6.30. The van der Waals surface area contributed by atoms with Crippen LogP contribution in [-0.4, -0.2) is 47.0 Å². The lowest BCUT2D eigenvalue weighted by atomic mass is 9.66. The van der Waals surface area contributed by atoms with E-state index >= 15 is 0 Å². The third-order valence-corrected chi connectivity index (χ3v) is 9.11. The van der Waals surface area contributed by atoms with E-state index in [1.807, 2.05) is 39.8 Å². The number of likely N-dealkylation sites (tertiary alicyclic amines) is 1. The molecule has 1 aliphatic heterocycles. The summed E-state index contributed by atoms with van der Waals surface area (Å²) < 4.78 is 0. The zero-order valence-electron chi connectivity index (χ0n) is 22.9. The Morgan fingerprint density at radius 2 is 1.78 bits per heavy atom. The minimum atomic E-state index is -1.09. The molecular weight excluding hydrogens is 474 g/mol. The van der Waals surface area contributed by atoms with Crippen molar-refractivity contribution in [3.63, 3.8) is 0 Å². The minimum absolute atomic E-state index is 0.0882. The quantitative estimate of drug-likeness (QED) is 0.467. The predicted molar refractivity (Wildman–Crippen MR) is 145 cm³/mol. The summed E-state index contributed by atoms with van der Waals surface area (Å²) in [6.45, 7) is 13.0. The number of nitrogens with two attached hydrogens (primary N) is 1. The lowest BCUT2D eigenvalue weighted by Crippen LogP contribution is -2.62. The van der Waals surface area contributed by atoms with Gasteiger partial charge < -0.3 is 21.1 Å². The number of aliphatic hydroxyl groups is 1. The zero-order chi connectivity index (χ0) is 26.9. The van der Waals surface area contributed by atoms with Crippen molar-refractivity contribution in [2.75, 3.05) is 13.1 Å². The SMILES string of the molecule is CC1CCCCC(C)([C@H](N)C(=O)N[C@@H](C(=O)N2CC[C@](O)(c3ccc(Cl)cc3)C(C)(C)C2)C(C)C)C1. The van der Waals surface area contributed by atoms with E-state index in [9.17, 15) is 14.7 Å². The minimum Gasteiger partial charge on any atom is -0.384 e. The van der Waals surface area contributed by atoms with E-state index in [0.717, 1.165) is 24.8 Å². The summed E-state index contributed by atoms with van der Waals surface area (Å²) in [6, 6.07) is 5.97. The molecule has 1 heterocycles. The van der Waals surface area contributed by atoms with Gasteiger partial charge in [0.15, 0.2) is 0 Å². The highest BCUT2D eigenvalue weighted by Gasteiger charge is 2.50. The Kier molecular flexibility index (Phi) is 8.84. The van der Waals surface area contributed by atoms with Crippen molar-refractivity contribution in [3.8, 4) is 0 Å². The topological polar surface area (TPSA) is 95.7 Å². The number of rotatable bonds is 6. The molecule has 2 aliphatic rings. The number of benzene rings is 1. The Morgan fingerprint density at radius 3 is 2.36 bits per heavy atom. The van der Waals surface area contributed by atoms with Crippen molar-refractivity contribution in [1.82, 2.24) is 10.2 Å². The van der Waals surface area contributed by atoms with Crippen LogP contribution in [0, 0.1) is 22.7 Å². The standard InChI is InChI=1S/C29H46ClN3O3/c1-19(2)23(32-25(34)24(31)28(6)14-8-7-9-20(3)17-28)26(35)33-16-15-29(36,27(4,5)18-33)21-10-12-22(30)13-11-21/h10-13,19-20,23-24,36H,7-9,14-18,31H2,1-6H3,(H,32,34)/t20?,23-,24-,28?,29+/m1/s1. The lowest BCUT2D eigenvalue weighted by molar-refractivity contribution is -0.157. The van der Waals surface area contributed by atoms with Gasteiger partial charge in [0.1, 0.15) is 6.04 Å². The summed E-state index contributed by atoms with van der Waals surface area (Å²) in [4.78, 5) is 28.9. The first-order chi connectivity index (χ1) is 16.7. The third-order valence-electron chi connectivity index (χ3n) is 8.86. The fourth-order valence-electron chi connectivity index (χ4n) is 6.35. The van der Waals surface area contributed by atoms with Crippen LogP contribution in [0.3, 0.4) is 0 Å². The first kappa shape index (κ1) is 28.9. The molecule has 0 spiro atoms. The van der Waals surface area contributed by atoms with Gasteiger partial charge in [0.25, 0.3) is 0 Å². The van der Waals surface area contributed by atoms with E-state index in [1.54, 1.807) is 17.0 Å². The number of piperidine rings is 1. The number of nitrogens with one attached hydrogen (secondary N) is 1. The molecule has 1 aromatic carbocycles. The normalized spacial score (nSPS) is 30.4.